The zero-order valence-corrected chi connectivity index (χ0v) is 12.9. The van der Waals surface area contributed by atoms with Gasteiger partial charge in [0.05, 0.1) is 17.0 Å². The van der Waals surface area contributed by atoms with Crippen molar-refractivity contribution in [1.82, 2.24) is 9.88 Å². The van der Waals surface area contributed by atoms with Crippen LogP contribution in [0.1, 0.15) is 25.5 Å². The van der Waals surface area contributed by atoms with E-state index in [-0.39, 0.29) is 12.3 Å². The van der Waals surface area contributed by atoms with Crippen LogP contribution in [0.5, 0.6) is 0 Å². The molecule has 1 aliphatic heterocycles. The summed E-state index contributed by atoms with van der Waals surface area (Å²) in [6, 6.07) is 3.79. The fraction of sp³-hybridized carbons (Fsp3) is 0.400. The number of carbonyl (C=O) groups is 2. The van der Waals surface area contributed by atoms with Crippen molar-refractivity contribution < 1.29 is 19.1 Å². The number of oxazole rings is 1. The molecule has 116 valence electrons. The van der Waals surface area contributed by atoms with E-state index in [1.54, 1.807) is 6.92 Å². The topological polar surface area (TPSA) is 83.6 Å². The van der Waals surface area contributed by atoms with Crippen molar-refractivity contribution in [3.8, 4) is 10.8 Å². The van der Waals surface area contributed by atoms with Crippen LogP contribution >= 0.6 is 11.3 Å². The molecular weight excluding hydrogens is 304 g/mol. The number of amides is 1. The molecule has 1 unspecified atom stereocenters. The van der Waals surface area contributed by atoms with Gasteiger partial charge in [0.2, 0.25) is 11.8 Å². The molecule has 3 heterocycles. The minimum Gasteiger partial charge on any atom is -0.480 e. The number of nitrogens with zero attached hydrogens (tertiary/aromatic N) is 2. The van der Waals surface area contributed by atoms with E-state index in [0.29, 0.717) is 31.0 Å². The third-order valence-electron chi connectivity index (χ3n) is 4.02. The van der Waals surface area contributed by atoms with Gasteiger partial charge in [0.25, 0.3) is 0 Å². The van der Waals surface area contributed by atoms with Crippen LogP contribution in [0.3, 0.4) is 0 Å². The fourth-order valence-electron chi connectivity index (χ4n) is 2.74. The molecule has 0 saturated carbocycles. The first-order valence-electron chi connectivity index (χ1n) is 7.03. The molecule has 7 heteroatoms. The summed E-state index contributed by atoms with van der Waals surface area (Å²) in [7, 11) is 0. The lowest BCUT2D eigenvalue weighted by Crippen LogP contribution is -2.51. The normalized spacial score (nSPS) is 21.2. The summed E-state index contributed by atoms with van der Waals surface area (Å²) in [6.07, 6.45) is 2.69. The Morgan fingerprint density at radius 1 is 1.55 bits per heavy atom. The van der Waals surface area contributed by atoms with Gasteiger partial charge < -0.3 is 14.4 Å². The average Bonchev–Trinajstić information content (AvgIpc) is 3.17. The SMILES string of the molecule is CC1(C(=O)O)CCCN1C(=O)Cc1coc(-c2cccs2)n1. The van der Waals surface area contributed by atoms with Gasteiger partial charge in [-0.1, -0.05) is 6.07 Å². The van der Waals surface area contributed by atoms with Gasteiger partial charge >= 0.3 is 5.97 Å². The standard InChI is InChI=1S/C15H16N2O4S/c1-15(14(19)20)5-3-6-17(15)12(18)8-10-9-21-13(16-10)11-4-2-7-22-11/h2,4,7,9H,3,5-6,8H2,1H3,(H,19,20). The summed E-state index contributed by atoms with van der Waals surface area (Å²) in [4.78, 5) is 30.5. The van der Waals surface area contributed by atoms with E-state index < -0.39 is 11.5 Å². The van der Waals surface area contributed by atoms with Crippen molar-refractivity contribution >= 4 is 23.2 Å². The largest absolute Gasteiger partial charge is 0.480 e. The van der Waals surface area contributed by atoms with Crippen LogP contribution in [0.25, 0.3) is 10.8 Å². The Morgan fingerprint density at radius 3 is 3.05 bits per heavy atom. The van der Waals surface area contributed by atoms with Crippen molar-refractivity contribution in [3.63, 3.8) is 0 Å². The van der Waals surface area contributed by atoms with Crippen molar-refractivity contribution in [2.24, 2.45) is 0 Å². The molecule has 0 spiro atoms. The molecule has 0 radical (unpaired) electrons. The summed E-state index contributed by atoms with van der Waals surface area (Å²) in [5, 5.41) is 11.3. The number of aliphatic carboxylic acids is 1. The molecule has 3 rings (SSSR count). The molecule has 0 bridgehead atoms. The lowest BCUT2D eigenvalue weighted by Gasteiger charge is -2.31. The predicted octanol–water partition coefficient (Wildman–Crippen LogP) is 2.41. The summed E-state index contributed by atoms with van der Waals surface area (Å²) < 4.78 is 5.38. The van der Waals surface area contributed by atoms with E-state index in [2.05, 4.69) is 4.98 Å². The number of thiophene rings is 1. The third kappa shape index (κ3) is 2.52. The molecule has 1 atom stereocenters. The van der Waals surface area contributed by atoms with Crippen LogP contribution in [0.4, 0.5) is 0 Å². The Kier molecular flexibility index (Phi) is 3.74. The maximum Gasteiger partial charge on any atom is 0.329 e. The van der Waals surface area contributed by atoms with Gasteiger partial charge in [0.15, 0.2) is 0 Å². The third-order valence-corrected chi connectivity index (χ3v) is 4.88. The summed E-state index contributed by atoms with van der Waals surface area (Å²) in [6.45, 7) is 2.07. The number of hydrogen-bond acceptors (Lipinski definition) is 5. The van der Waals surface area contributed by atoms with E-state index in [1.807, 2.05) is 17.5 Å². The van der Waals surface area contributed by atoms with Crippen molar-refractivity contribution in [1.29, 1.82) is 0 Å². The first-order chi connectivity index (χ1) is 10.5. The van der Waals surface area contributed by atoms with Gasteiger partial charge in [-0.3, -0.25) is 4.79 Å². The van der Waals surface area contributed by atoms with Crippen LogP contribution in [-0.4, -0.2) is 39.0 Å². The number of carboxylic acid groups (broad SMARTS) is 1. The summed E-state index contributed by atoms with van der Waals surface area (Å²) >= 11 is 1.51. The molecule has 0 aliphatic carbocycles. The van der Waals surface area contributed by atoms with Crippen LogP contribution in [0, 0.1) is 0 Å². The second kappa shape index (κ2) is 5.57. The summed E-state index contributed by atoms with van der Waals surface area (Å²) in [5.74, 6) is -0.702. The smallest absolute Gasteiger partial charge is 0.329 e. The first kappa shape index (κ1) is 14.8. The van der Waals surface area contributed by atoms with Gasteiger partial charge in [0, 0.05) is 6.54 Å². The highest BCUT2D eigenvalue weighted by Crippen LogP contribution is 2.30. The molecule has 1 aliphatic rings. The number of carboxylic acids is 1. The van der Waals surface area contributed by atoms with Crippen molar-refractivity contribution in [2.75, 3.05) is 6.54 Å². The Bertz CT molecular complexity index is 694. The molecule has 0 aromatic carbocycles. The molecular formula is C15H16N2O4S. The average molecular weight is 320 g/mol. The number of hydrogen-bond donors (Lipinski definition) is 1. The highest BCUT2D eigenvalue weighted by molar-refractivity contribution is 7.13. The molecule has 1 saturated heterocycles. The van der Waals surface area contributed by atoms with Crippen LogP contribution in [0.15, 0.2) is 28.2 Å². The number of rotatable bonds is 4. The van der Waals surface area contributed by atoms with E-state index >= 15 is 0 Å². The molecule has 2 aromatic rings. The number of likely N-dealkylation sites (tertiary alicyclic amines) is 1. The Balaban J connectivity index is 1.73. The number of carbonyl (C=O) groups excluding carboxylic acids is 1. The minimum absolute atomic E-state index is 0.0533. The molecule has 2 aromatic heterocycles. The maximum atomic E-state index is 12.4. The van der Waals surface area contributed by atoms with Gasteiger partial charge in [-0.2, -0.15) is 0 Å². The Morgan fingerprint density at radius 2 is 2.36 bits per heavy atom. The molecule has 1 amide bonds. The van der Waals surface area contributed by atoms with Crippen molar-refractivity contribution in [3.05, 3.63) is 29.5 Å². The fourth-order valence-corrected chi connectivity index (χ4v) is 3.39. The van der Waals surface area contributed by atoms with Crippen LogP contribution in [0.2, 0.25) is 0 Å². The van der Waals surface area contributed by atoms with Crippen molar-refractivity contribution in [2.45, 2.75) is 31.7 Å². The minimum atomic E-state index is -1.11. The lowest BCUT2D eigenvalue weighted by molar-refractivity contribution is -0.155. The second-order valence-corrected chi connectivity index (χ2v) is 6.47. The van der Waals surface area contributed by atoms with Crippen LogP contribution in [-0.2, 0) is 16.0 Å². The van der Waals surface area contributed by atoms with Crippen LogP contribution < -0.4 is 0 Å². The highest BCUT2D eigenvalue weighted by Gasteiger charge is 2.45. The molecule has 6 nitrogen and oxygen atoms in total. The van der Waals surface area contributed by atoms with Gasteiger partial charge in [-0.25, -0.2) is 9.78 Å². The summed E-state index contributed by atoms with van der Waals surface area (Å²) in [5.41, 5.74) is -0.592. The second-order valence-electron chi connectivity index (χ2n) is 5.53. The quantitative estimate of drug-likeness (QED) is 0.935. The predicted molar refractivity (Wildman–Crippen MR) is 80.5 cm³/mol. The van der Waals surface area contributed by atoms with Gasteiger partial charge in [-0.05, 0) is 31.2 Å². The van der Waals surface area contributed by atoms with E-state index in [0.717, 1.165) is 4.88 Å². The Labute approximate surface area is 131 Å². The Hall–Kier alpha value is -2.15. The molecule has 22 heavy (non-hydrogen) atoms. The highest BCUT2D eigenvalue weighted by atomic mass is 32.1. The molecule has 1 N–H and O–H groups in total. The first-order valence-corrected chi connectivity index (χ1v) is 7.91. The zero-order valence-electron chi connectivity index (χ0n) is 12.1. The van der Waals surface area contributed by atoms with Gasteiger partial charge in [0.1, 0.15) is 11.8 Å². The molecule has 1 fully saturated rings. The lowest BCUT2D eigenvalue weighted by atomic mass is 9.99. The number of aromatic nitrogens is 1. The monoisotopic (exact) mass is 320 g/mol. The zero-order chi connectivity index (χ0) is 15.7. The van der Waals surface area contributed by atoms with E-state index in [9.17, 15) is 14.7 Å². The van der Waals surface area contributed by atoms with E-state index in [1.165, 1.54) is 22.5 Å². The maximum absolute atomic E-state index is 12.4. The van der Waals surface area contributed by atoms with Gasteiger partial charge in [-0.15, -0.1) is 11.3 Å². The van der Waals surface area contributed by atoms with E-state index in [4.69, 9.17) is 4.42 Å².